The number of rotatable bonds is 4. The number of aryl methyl sites for hydroxylation is 1. The number of nitrogens with zero attached hydrogens (tertiary/aromatic N) is 6. The quantitative estimate of drug-likeness (QED) is 0.728. The topological polar surface area (TPSA) is 105 Å². The molecule has 0 aromatic carbocycles. The Hall–Kier alpha value is -2.97. The van der Waals surface area contributed by atoms with Crippen molar-refractivity contribution in [2.45, 2.75) is 45.3 Å². The first-order valence-corrected chi connectivity index (χ1v) is 9.50. The maximum absolute atomic E-state index is 12.6. The number of aromatic nitrogens is 6. The van der Waals surface area contributed by atoms with Crippen LogP contribution in [0, 0.1) is 5.92 Å². The Morgan fingerprint density at radius 2 is 2.15 bits per heavy atom. The van der Waals surface area contributed by atoms with E-state index in [1.807, 2.05) is 9.58 Å². The van der Waals surface area contributed by atoms with E-state index < -0.39 is 0 Å². The van der Waals surface area contributed by atoms with Gasteiger partial charge in [-0.25, -0.2) is 15.0 Å². The summed E-state index contributed by atoms with van der Waals surface area (Å²) in [5, 5.41) is 8.02. The number of aromatic amines is 1. The summed E-state index contributed by atoms with van der Waals surface area (Å²) in [5.74, 6) is 1.27. The molecule has 27 heavy (non-hydrogen) atoms. The highest BCUT2D eigenvalue weighted by Crippen LogP contribution is 2.29. The molecule has 1 amide bonds. The van der Waals surface area contributed by atoms with Gasteiger partial charge in [-0.05, 0) is 25.3 Å². The Morgan fingerprint density at radius 3 is 3.00 bits per heavy atom. The minimum absolute atomic E-state index is 0.246. The zero-order valence-electron chi connectivity index (χ0n) is 15.1. The van der Waals surface area contributed by atoms with Gasteiger partial charge in [-0.3, -0.25) is 9.48 Å². The number of fused-ring (bicyclic) bond motifs is 2. The van der Waals surface area contributed by atoms with Crippen LogP contribution in [0.2, 0.25) is 0 Å². The molecule has 0 saturated heterocycles. The van der Waals surface area contributed by atoms with Crippen molar-refractivity contribution < 1.29 is 4.79 Å². The number of H-pyrrole nitrogens is 1. The Kier molecular flexibility index (Phi) is 3.99. The molecule has 3 aromatic heterocycles. The van der Waals surface area contributed by atoms with Crippen molar-refractivity contribution in [2.24, 2.45) is 5.92 Å². The summed E-state index contributed by atoms with van der Waals surface area (Å²) >= 11 is 0. The van der Waals surface area contributed by atoms with Gasteiger partial charge in [-0.2, -0.15) is 5.10 Å². The van der Waals surface area contributed by atoms with E-state index in [-0.39, 0.29) is 5.92 Å². The first-order valence-electron chi connectivity index (χ1n) is 9.50. The van der Waals surface area contributed by atoms with Gasteiger partial charge in [0.05, 0.1) is 30.8 Å². The van der Waals surface area contributed by atoms with E-state index in [4.69, 9.17) is 5.10 Å². The van der Waals surface area contributed by atoms with E-state index >= 15 is 0 Å². The summed E-state index contributed by atoms with van der Waals surface area (Å²) < 4.78 is 2.04. The van der Waals surface area contributed by atoms with Crippen molar-refractivity contribution in [2.75, 3.05) is 11.9 Å². The third kappa shape index (κ3) is 3.02. The molecule has 1 aliphatic heterocycles. The van der Waals surface area contributed by atoms with Crippen LogP contribution in [0.4, 0.5) is 5.82 Å². The molecule has 9 nitrogen and oxygen atoms in total. The number of hydrogen-bond donors (Lipinski definition) is 2. The lowest BCUT2D eigenvalue weighted by Gasteiger charge is -2.30. The summed E-state index contributed by atoms with van der Waals surface area (Å²) in [6.07, 6.45) is 7.33. The normalized spacial score (nSPS) is 17.4. The van der Waals surface area contributed by atoms with Gasteiger partial charge in [0.1, 0.15) is 11.8 Å². The molecule has 0 atom stereocenters. The van der Waals surface area contributed by atoms with Gasteiger partial charge in [0.25, 0.3) is 0 Å². The van der Waals surface area contributed by atoms with E-state index in [1.165, 1.54) is 12.7 Å². The molecule has 2 N–H and O–H groups in total. The van der Waals surface area contributed by atoms with Crippen LogP contribution in [0.15, 0.2) is 18.7 Å². The number of carbonyl (C=O) groups is 1. The van der Waals surface area contributed by atoms with E-state index in [0.29, 0.717) is 30.5 Å². The van der Waals surface area contributed by atoms with Crippen molar-refractivity contribution in [3.8, 4) is 0 Å². The molecule has 3 aromatic rings. The second-order valence-electron chi connectivity index (χ2n) is 7.27. The maximum Gasteiger partial charge on any atom is 0.226 e. The average molecular weight is 366 g/mol. The molecule has 140 valence electrons. The van der Waals surface area contributed by atoms with Gasteiger partial charge in [0.2, 0.25) is 5.91 Å². The third-order valence-corrected chi connectivity index (χ3v) is 5.49. The number of nitrogens with one attached hydrogen (secondary N) is 2. The van der Waals surface area contributed by atoms with E-state index in [9.17, 15) is 4.79 Å². The van der Waals surface area contributed by atoms with Crippen LogP contribution in [0.5, 0.6) is 0 Å². The molecule has 1 saturated carbocycles. The minimum Gasteiger partial charge on any atom is -0.362 e. The van der Waals surface area contributed by atoms with Crippen molar-refractivity contribution in [1.82, 2.24) is 34.6 Å². The molecular weight excluding hydrogens is 344 g/mol. The van der Waals surface area contributed by atoms with Gasteiger partial charge in [-0.15, -0.1) is 0 Å². The minimum atomic E-state index is 0.246. The largest absolute Gasteiger partial charge is 0.362 e. The molecule has 1 fully saturated rings. The molecule has 0 unspecified atom stereocenters. The van der Waals surface area contributed by atoms with E-state index in [0.717, 1.165) is 49.3 Å². The molecule has 4 heterocycles. The lowest BCUT2D eigenvalue weighted by atomic mass is 9.84. The SMILES string of the molecule is O=C(C1CCC1)N1CCCn2nc(CNc3ncnc4nc[nH]c34)cc2C1. The Bertz CT molecular complexity index is 973. The lowest BCUT2D eigenvalue weighted by Crippen LogP contribution is -2.38. The number of imidazole rings is 1. The van der Waals surface area contributed by atoms with Crippen molar-refractivity contribution in [3.05, 3.63) is 30.1 Å². The van der Waals surface area contributed by atoms with Crippen LogP contribution in [-0.2, 0) is 24.4 Å². The van der Waals surface area contributed by atoms with Gasteiger partial charge in [0, 0.05) is 19.0 Å². The number of carbonyl (C=O) groups excluding carboxylic acids is 1. The number of anilines is 1. The van der Waals surface area contributed by atoms with Crippen LogP contribution in [0.25, 0.3) is 11.2 Å². The molecular formula is C18H22N8O. The van der Waals surface area contributed by atoms with Crippen LogP contribution in [0.3, 0.4) is 0 Å². The Balaban J connectivity index is 1.30. The second-order valence-corrected chi connectivity index (χ2v) is 7.27. The maximum atomic E-state index is 12.6. The predicted octanol–water partition coefficient (Wildman–Crippen LogP) is 1.69. The monoisotopic (exact) mass is 366 g/mol. The van der Waals surface area contributed by atoms with Gasteiger partial charge in [0.15, 0.2) is 11.5 Å². The second kappa shape index (κ2) is 6.64. The van der Waals surface area contributed by atoms with E-state index in [2.05, 4.69) is 31.3 Å². The number of amides is 1. The van der Waals surface area contributed by atoms with Crippen LogP contribution in [-0.4, -0.2) is 47.1 Å². The first kappa shape index (κ1) is 16.2. The fraction of sp³-hybridized carbons (Fsp3) is 0.500. The molecule has 0 bridgehead atoms. The van der Waals surface area contributed by atoms with Gasteiger partial charge < -0.3 is 15.2 Å². The lowest BCUT2D eigenvalue weighted by molar-refractivity contribution is -0.138. The summed E-state index contributed by atoms with van der Waals surface area (Å²) in [4.78, 5) is 30.2. The van der Waals surface area contributed by atoms with E-state index in [1.54, 1.807) is 6.33 Å². The highest BCUT2D eigenvalue weighted by molar-refractivity contribution is 5.82. The van der Waals surface area contributed by atoms with Crippen LogP contribution in [0.1, 0.15) is 37.1 Å². The molecule has 5 rings (SSSR count). The third-order valence-electron chi connectivity index (χ3n) is 5.49. The number of hydrogen-bond acceptors (Lipinski definition) is 6. The molecule has 0 radical (unpaired) electrons. The highest BCUT2D eigenvalue weighted by atomic mass is 16.2. The Morgan fingerprint density at radius 1 is 1.22 bits per heavy atom. The summed E-state index contributed by atoms with van der Waals surface area (Å²) in [6, 6.07) is 2.09. The standard InChI is InChI=1S/C18H22N8O/c27-18(12-3-1-4-12)25-5-2-6-26-14(9-25)7-13(24-26)8-19-16-15-17(21-10-20-15)23-11-22-16/h7,10-12H,1-6,8-9H2,(H2,19,20,21,22,23). The van der Waals surface area contributed by atoms with Crippen molar-refractivity contribution in [1.29, 1.82) is 0 Å². The zero-order chi connectivity index (χ0) is 18.2. The average Bonchev–Trinajstić information content (AvgIpc) is 3.20. The van der Waals surface area contributed by atoms with Gasteiger partial charge >= 0.3 is 0 Å². The summed E-state index contributed by atoms with van der Waals surface area (Å²) in [7, 11) is 0. The fourth-order valence-electron chi connectivity index (χ4n) is 3.78. The summed E-state index contributed by atoms with van der Waals surface area (Å²) in [5.41, 5.74) is 3.47. The highest BCUT2D eigenvalue weighted by Gasteiger charge is 2.30. The van der Waals surface area contributed by atoms with Crippen molar-refractivity contribution >= 4 is 22.9 Å². The molecule has 9 heteroatoms. The van der Waals surface area contributed by atoms with Crippen molar-refractivity contribution in [3.63, 3.8) is 0 Å². The smallest absolute Gasteiger partial charge is 0.226 e. The molecule has 2 aliphatic rings. The van der Waals surface area contributed by atoms with Crippen LogP contribution < -0.4 is 5.32 Å². The molecule has 0 spiro atoms. The molecule has 1 aliphatic carbocycles. The summed E-state index contributed by atoms with van der Waals surface area (Å²) in [6.45, 7) is 2.88. The Labute approximate surface area is 156 Å². The fourth-order valence-corrected chi connectivity index (χ4v) is 3.78. The van der Waals surface area contributed by atoms with Gasteiger partial charge in [-0.1, -0.05) is 6.42 Å². The zero-order valence-corrected chi connectivity index (χ0v) is 15.1. The predicted molar refractivity (Wildman–Crippen MR) is 98.6 cm³/mol. The van der Waals surface area contributed by atoms with Crippen LogP contribution >= 0.6 is 0 Å². The first-order chi connectivity index (χ1) is 13.3.